The van der Waals surface area contributed by atoms with Crippen molar-refractivity contribution in [3.63, 3.8) is 0 Å². The summed E-state index contributed by atoms with van der Waals surface area (Å²) in [5.41, 5.74) is -0.167. The van der Waals surface area contributed by atoms with Crippen molar-refractivity contribution in [1.29, 1.82) is 0 Å². The van der Waals surface area contributed by atoms with Crippen molar-refractivity contribution in [1.82, 2.24) is 24.7 Å². The number of nitrogens with zero attached hydrogens (tertiary/aromatic N) is 6. The molecule has 3 aromatic heterocycles. The van der Waals surface area contributed by atoms with E-state index >= 15 is 0 Å². The van der Waals surface area contributed by atoms with E-state index in [0.717, 1.165) is 35.9 Å². The summed E-state index contributed by atoms with van der Waals surface area (Å²) < 4.78 is 43.9. The quantitative estimate of drug-likeness (QED) is 0.258. The molecule has 14 heteroatoms. The second-order valence-corrected chi connectivity index (χ2v) is 11.5. The van der Waals surface area contributed by atoms with E-state index in [1.54, 1.807) is 22.0 Å². The van der Waals surface area contributed by atoms with Gasteiger partial charge in [-0.2, -0.15) is 5.10 Å². The smallest absolute Gasteiger partial charge is 0.276 e. The highest BCUT2D eigenvalue weighted by Crippen LogP contribution is 2.47. The van der Waals surface area contributed by atoms with Crippen LogP contribution in [0.1, 0.15) is 71.7 Å². The number of rotatable bonds is 8. The number of fused-ring (bicyclic) bond motifs is 1. The summed E-state index contributed by atoms with van der Waals surface area (Å²) in [6.07, 6.45) is 2.34. The molecule has 2 N–H and O–H groups in total. The number of hydrogen-bond acceptors (Lipinski definition) is 7. The maximum Gasteiger partial charge on any atom is 0.276 e. The zero-order valence-corrected chi connectivity index (χ0v) is 24.6. The zero-order valence-electron chi connectivity index (χ0n) is 23.8. The van der Waals surface area contributed by atoms with Crippen LogP contribution >= 0.6 is 11.6 Å². The van der Waals surface area contributed by atoms with Crippen LogP contribution in [-0.2, 0) is 4.79 Å². The number of aliphatic hydroxyl groups excluding tert-OH is 1. The summed E-state index contributed by atoms with van der Waals surface area (Å²) in [7, 11) is 0. The molecule has 2 amide bonds. The Balaban J connectivity index is 1.24. The molecular weight excluding hydrogens is 599 g/mol. The molecule has 228 valence electrons. The minimum Gasteiger partial charge on any atom is -0.387 e. The van der Waals surface area contributed by atoms with Gasteiger partial charge in [0.2, 0.25) is 5.91 Å². The minimum atomic E-state index is -3.05. The minimum absolute atomic E-state index is 0.125. The number of pyridine rings is 1. The third kappa shape index (κ3) is 5.30. The second-order valence-electron chi connectivity index (χ2n) is 11.1. The number of carbonyl (C=O) groups is 2. The Bertz CT molecular complexity index is 1800. The van der Waals surface area contributed by atoms with Gasteiger partial charge in [0.15, 0.2) is 11.5 Å². The molecule has 0 unspecified atom stereocenters. The summed E-state index contributed by atoms with van der Waals surface area (Å²) in [6, 6.07) is 3.64. The third-order valence-corrected chi connectivity index (χ3v) is 8.31. The van der Waals surface area contributed by atoms with Gasteiger partial charge in [-0.05, 0) is 56.4 Å². The number of nitrogens with one attached hydrogen (secondary N) is 1. The number of carbonyl (C=O) groups excluding carboxylic acids is 2. The van der Waals surface area contributed by atoms with E-state index in [1.165, 1.54) is 13.1 Å². The predicted molar refractivity (Wildman–Crippen MR) is 155 cm³/mol. The van der Waals surface area contributed by atoms with Crippen molar-refractivity contribution < 1.29 is 27.9 Å². The van der Waals surface area contributed by atoms with E-state index in [2.05, 4.69) is 25.4 Å². The summed E-state index contributed by atoms with van der Waals surface area (Å²) >= 11 is 5.85. The molecule has 1 aliphatic carbocycles. The summed E-state index contributed by atoms with van der Waals surface area (Å²) in [6.45, 7) is 5.85. The second kappa shape index (κ2) is 11.3. The number of aromatic nitrogens is 5. The first kappa shape index (κ1) is 29.7. The van der Waals surface area contributed by atoms with Gasteiger partial charge in [-0.15, -0.1) is 0 Å². The summed E-state index contributed by atoms with van der Waals surface area (Å²) in [5, 5.41) is 16.8. The van der Waals surface area contributed by atoms with Crippen LogP contribution in [0.25, 0.3) is 11.3 Å². The SMILES string of the molecule is Cc1cc([C@@H](C)n2cc(NC(=O)c3nc(-c4c(C(F)F)ccc(Cl)c4F)cnc3[C@H](C)O)cn2)cnc1N1C[C@H]2C[C@H]2C1=O. The Labute approximate surface area is 254 Å². The van der Waals surface area contributed by atoms with Crippen LogP contribution in [0.4, 0.5) is 24.7 Å². The molecule has 10 nitrogen and oxygen atoms in total. The highest BCUT2D eigenvalue weighted by Gasteiger charge is 2.53. The molecule has 0 radical (unpaired) electrons. The van der Waals surface area contributed by atoms with E-state index in [-0.39, 0.29) is 40.6 Å². The largest absolute Gasteiger partial charge is 0.387 e. The molecule has 6 rings (SSSR count). The van der Waals surface area contributed by atoms with E-state index in [1.807, 2.05) is 19.9 Å². The number of aliphatic hydroxyl groups is 1. The Hall–Kier alpha value is -4.36. The van der Waals surface area contributed by atoms with E-state index in [4.69, 9.17) is 11.6 Å². The lowest BCUT2D eigenvalue weighted by Gasteiger charge is -2.21. The molecule has 0 spiro atoms. The van der Waals surface area contributed by atoms with Crippen LogP contribution in [0.5, 0.6) is 0 Å². The first-order chi connectivity index (χ1) is 20.9. The number of benzene rings is 1. The van der Waals surface area contributed by atoms with Gasteiger partial charge in [0.1, 0.15) is 5.82 Å². The van der Waals surface area contributed by atoms with Crippen LogP contribution in [0, 0.1) is 24.6 Å². The standard InChI is InChI=1S/C30H27ClF3N7O3/c1-13-6-16(8-36-28(13)40-11-17-7-20(17)30(40)44)14(2)41-12-18(9-37-41)38-29(43)26-25(15(3)42)35-10-22(39-26)23-19(27(33)34)4-5-21(31)24(23)32/h4-6,8-10,12,14-15,17,20,27,42H,7,11H2,1-3H3,(H,38,43)/t14-,15+,17-,20-/m1/s1. The molecule has 1 saturated heterocycles. The van der Waals surface area contributed by atoms with Crippen molar-refractivity contribution in [2.24, 2.45) is 11.8 Å². The van der Waals surface area contributed by atoms with Crippen LogP contribution in [0.15, 0.2) is 43.0 Å². The van der Waals surface area contributed by atoms with Gasteiger partial charge in [0.05, 0.1) is 46.6 Å². The number of halogens is 4. The average molecular weight is 626 g/mol. The van der Waals surface area contributed by atoms with Gasteiger partial charge >= 0.3 is 0 Å². The maximum atomic E-state index is 14.9. The first-order valence-corrected chi connectivity index (χ1v) is 14.3. The monoisotopic (exact) mass is 625 g/mol. The van der Waals surface area contributed by atoms with Gasteiger partial charge in [-0.1, -0.05) is 17.7 Å². The maximum absolute atomic E-state index is 14.9. The van der Waals surface area contributed by atoms with Crippen molar-refractivity contribution in [2.45, 2.75) is 45.8 Å². The molecule has 1 aromatic carbocycles. The highest BCUT2D eigenvalue weighted by atomic mass is 35.5. The van der Waals surface area contributed by atoms with E-state index < -0.39 is 40.4 Å². The van der Waals surface area contributed by atoms with Crippen molar-refractivity contribution in [2.75, 3.05) is 16.8 Å². The number of amides is 2. The Morgan fingerprint density at radius 1 is 1.18 bits per heavy atom. The summed E-state index contributed by atoms with van der Waals surface area (Å²) in [5.74, 6) is -0.614. The fourth-order valence-electron chi connectivity index (χ4n) is 5.52. The lowest BCUT2D eigenvalue weighted by molar-refractivity contribution is -0.118. The van der Waals surface area contributed by atoms with Crippen molar-refractivity contribution in [3.8, 4) is 11.3 Å². The van der Waals surface area contributed by atoms with Crippen LogP contribution in [-0.4, -0.2) is 48.2 Å². The van der Waals surface area contributed by atoms with Gasteiger partial charge in [0.25, 0.3) is 12.3 Å². The highest BCUT2D eigenvalue weighted by molar-refractivity contribution is 6.31. The summed E-state index contributed by atoms with van der Waals surface area (Å²) in [4.78, 5) is 40.3. The number of anilines is 2. The average Bonchev–Trinajstić information content (AvgIpc) is 3.49. The van der Waals surface area contributed by atoms with Crippen molar-refractivity contribution >= 4 is 34.9 Å². The normalized spacial score (nSPS) is 18.8. The predicted octanol–water partition coefficient (Wildman–Crippen LogP) is 5.67. The fraction of sp³-hybridized carbons (Fsp3) is 0.333. The van der Waals surface area contributed by atoms with Gasteiger partial charge in [-0.3, -0.25) is 24.2 Å². The fourth-order valence-corrected chi connectivity index (χ4v) is 5.68. The Morgan fingerprint density at radius 2 is 1.95 bits per heavy atom. The number of hydrogen-bond donors (Lipinski definition) is 2. The van der Waals surface area contributed by atoms with Crippen LogP contribution in [0.2, 0.25) is 5.02 Å². The molecule has 2 fully saturated rings. The van der Waals surface area contributed by atoms with Crippen LogP contribution in [0.3, 0.4) is 0 Å². The van der Waals surface area contributed by atoms with Gasteiger partial charge in [0, 0.05) is 36.0 Å². The number of aryl methyl sites for hydroxylation is 1. The molecule has 44 heavy (non-hydrogen) atoms. The molecular formula is C30H27ClF3N7O3. The van der Waals surface area contributed by atoms with Gasteiger partial charge in [-0.25, -0.2) is 23.1 Å². The molecule has 4 atom stereocenters. The third-order valence-electron chi connectivity index (χ3n) is 8.02. The molecule has 1 saturated carbocycles. The lowest BCUT2D eigenvalue weighted by atomic mass is 10.0. The molecule has 2 aliphatic rings. The zero-order chi connectivity index (χ0) is 31.4. The lowest BCUT2D eigenvalue weighted by Crippen LogP contribution is -2.29. The molecule has 1 aliphatic heterocycles. The Morgan fingerprint density at radius 3 is 2.61 bits per heavy atom. The molecule has 4 aromatic rings. The van der Waals surface area contributed by atoms with Crippen LogP contribution < -0.4 is 10.2 Å². The molecule has 0 bridgehead atoms. The topological polar surface area (TPSA) is 126 Å². The number of piperidine rings is 1. The van der Waals surface area contributed by atoms with Gasteiger partial charge < -0.3 is 10.4 Å². The molecule has 4 heterocycles. The Kier molecular flexibility index (Phi) is 7.62. The van der Waals surface area contributed by atoms with Crippen molar-refractivity contribution in [3.05, 3.63) is 81.9 Å². The first-order valence-electron chi connectivity index (χ1n) is 13.9. The van der Waals surface area contributed by atoms with E-state index in [0.29, 0.717) is 18.3 Å². The van der Waals surface area contributed by atoms with E-state index in [9.17, 15) is 27.9 Å². The number of alkyl halides is 2.